The minimum absolute atomic E-state index is 0.00106. The minimum atomic E-state index is -0.858. The van der Waals surface area contributed by atoms with Crippen molar-refractivity contribution in [2.75, 3.05) is 0 Å². The molecule has 0 amide bonds. The summed E-state index contributed by atoms with van der Waals surface area (Å²) in [6, 6.07) is 6.61. The Hall–Kier alpha value is -1.84. The van der Waals surface area contributed by atoms with E-state index in [9.17, 15) is 9.59 Å². The van der Waals surface area contributed by atoms with Crippen LogP contribution in [0.4, 0.5) is 4.79 Å². The Kier molecular flexibility index (Phi) is 3.60. The van der Waals surface area contributed by atoms with Gasteiger partial charge in [-0.15, -0.1) is 0 Å². The lowest BCUT2D eigenvalue weighted by Gasteiger charge is -2.18. The lowest BCUT2D eigenvalue weighted by Crippen LogP contribution is -2.26. The molecule has 0 aliphatic heterocycles. The first-order valence-corrected chi connectivity index (χ1v) is 6.40. The van der Waals surface area contributed by atoms with E-state index >= 15 is 0 Å². The monoisotopic (exact) mass is 262 g/mol. The van der Waals surface area contributed by atoms with Gasteiger partial charge in [0.05, 0.1) is 0 Å². The predicted molar refractivity (Wildman–Crippen MR) is 71.5 cm³/mol. The van der Waals surface area contributed by atoms with E-state index in [1.54, 1.807) is 32.9 Å². The van der Waals surface area contributed by atoms with E-state index in [0.717, 1.165) is 18.4 Å². The van der Waals surface area contributed by atoms with Gasteiger partial charge in [-0.3, -0.25) is 4.79 Å². The van der Waals surface area contributed by atoms with Crippen LogP contribution in [-0.4, -0.2) is 11.8 Å². The molecule has 1 aliphatic carbocycles. The summed E-state index contributed by atoms with van der Waals surface area (Å²) < 4.78 is 9.98. The summed E-state index contributed by atoms with van der Waals surface area (Å²) in [4.78, 5) is 23.3. The molecule has 2 rings (SSSR count). The molecule has 102 valence electrons. The fraction of sp³-hybridized carbons (Fsp3) is 0.467. The Bertz CT molecular complexity index is 539. The van der Waals surface area contributed by atoms with Gasteiger partial charge in [0.15, 0.2) is 5.75 Å². The predicted octanol–water partition coefficient (Wildman–Crippen LogP) is 3.24. The smallest absolute Gasteiger partial charge is 0.428 e. The SMILES string of the molecule is CC(C)(C)OC(=O)Oc1ccc(C2CC2)ccc1=O. The standard InChI is InChI=1S/C15H18O4/c1-15(2,3)19-14(17)18-13-9-7-11(10-4-5-10)6-8-12(13)16/h6-10H,4-5H2,1-3H3. The van der Waals surface area contributed by atoms with Gasteiger partial charge in [-0.05, 0) is 57.2 Å². The Balaban J connectivity index is 2.14. The number of hydrogen-bond acceptors (Lipinski definition) is 4. The molecule has 1 aromatic carbocycles. The van der Waals surface area contributed by atoms with Gasteiger partial charge in [0.2, 0.25) is 5.43 Å². The second kappa shape index (κ2) is 5.03. The van der Waals surface area contributed by atoms with E-state index in [1.165, 1.54) is 6.07 Å². The van der Waals surface area contributed by atoms with Crippen LogP contribution in [0.2, 0.25) is 0 Å². The van der Waals surface area contributed by atoms with Crippen molar-refractivity contribution in [3.63, 3.8) is 0 Å². The van der Waals surface area contributed by atoms with Crippen LogP contribution in [0.3, 0.4) is 0 Å². The average molecular weight is 262 g/mol. The lowest BCUT2D eigenvalue weighted by atomic mass is 10.2. The van der Waals surface area contributed by atoms with Gasteiger partial charge in [-0.25, -0.2) is 4.79 Å². The Labute approximate surface area is 112 Å². The minimum Gasteiger partial charge on any atom is -0.428 e. The van der Waals surface area contributed by atoms with Crippen molar-refractivity contribution in [3.05, 3.63) is 40.1 Å². The zero-order valence-corrected chi connectivity index (χ0v) is 11.4. The van der Waals surface area contributed by atoms with Gasteiger partial charge in [0.1, 0.15) is 5.60 Å². The van der Waals surface area contributed by atoms with Crippen LogP contribution in [0.15, 0.2) is 29.1 Å². The van der Waals surface area contributed by atoms with Crippen LogP contribution in [0, 0.1) is 0 Å². The molecule has 0 atom stereocenters. The third-order valence-electron chi connectivity index (χ3n) is 2.73. The molecule has 0 bridgehead atoms. The van der Waals surface area contributed by atoms with Gasteiger partial charge >= 0.3 is 6.16 Å². The summed E-state index contributed by atoms with van der Waals surface area (Å²) in [7, 11) is 0. The molecule has 1 fully saturated rings. The molecule has 4 nitrogen and oxygen atoms in total. The van der Waals surface area contributed by atoms with Crippen LogP contribution in [0.5, 0.6) is 5.75 Å². The zero-order chi connectivity index (χ0) is 14.0. The molecule has 0 saturated heterocycles. The van der Waals surface area contributed by atoms with Crippen molar-refractivity contribution < 1.29 is 14.3 Å². The van der Waals surface area contributed by atoms with Crippen LogP contribution in [-0.2, 0) is 4.74 Å². The molecule has 0 N–H and O–H groups in total. The molecule has 0 spiro atoms. The maximum Gasteiger partial charge on any atom is 0.514 e. The average Bonchev–Trinajstić information content (AvgIpc) is 3.06. The maximum atomic E-state index is 11.8. The maximum absolute atomic E-state index is 11.8. The van der Waals surface area contributed by atoms with E-state index in [1.807, 2.05) is 6.07 Å². The third kappa shape index (κ3) is 4.09. The zero-order valence-electron chi connectivity index (χ0n) is 11.4. The Morgan fingerprint density at radius 3 is 2.37 bits per heavy atom. The van der Waals surface area contributed by atoms with Gasteiger partial charge < -0.3 is 9.47 Å². The van der Waals surface area contributed by atoms with Crippen LogP contribution in [0.25, 0.3) is 0 Å². The van der Waals surface area contributed by atoms with Crippen molar-refractivity contribution in [2.45, 2.75) is 45.1 Å². The second-order valence-electron chi connectivity index (χ2n) is 5.74. The summed E-state index contributed by atoms with van der Waals surface area (Å²) in [6.45, 7) is 5.22. The lowest BCUT2D eigenvalue weighted by molar-refractivity contribution is 0.0204. The summed E-state index contributed by atoms with van der Waals surface area (Å²) in [5, 5.41) is 0. The van der Waals surface area contributed by atoms with E-state index in [0.29, 0.717) is 5.92 Å². The van der Waals surface area contributed by atoms with Gasteiger partial charge in [0, 0.05) is 0 Å². The van der Waals surface area contributed by atoms with Crippen molar-refractivity contribution in [1.82, 2.24) is 0 Å². The normalized spacial score (nSPS) is 14.9. The quantitative estimate of drug-likeness (QED) is 0.768. The molecule has 1 saturated carbocycles. The largest absolute Gasteiger partial charge is 0.514 e. The van der Waals surface area contributed by atoms with Crippen molar-refractivity contribution in [2.24, 2.45) is 0 Å². The molecule has 4 heteroatoms. The summed E-state index contributed by atoms with van der Waals surface area (Å²) >= 11 is 0. The summed E-state index contributed by atoms with van der Waals surface area (Å²) in [5.74, 6) is 0.544. The number of carbonyl (C=O) groups is 1. The summed E-state index contributed by atoms with van der Waals surface area (Å²) in [6.07, 6.45) is 1.45. The second-order valence-corrected chi connectivity index (χ2v) is 5.74. The van der Waals surface area contributed by atoms with Crippen LogP contribution in [0.1, 0.15) is 45.1 Å². The molecule has 1 aliphatic rings. The molecular weight excluding hydrogens is 244 g/mol. The number of ether oxygens (including phenoxy) is 2. The highest BCUT2D eigenvalue weighted by Crippen LogP contribution is 2.39. The van der Waals surface area contributed by atoms with Crippen LogP contribution >= 0.6 is 0 Å². The van der Waals surface area contributed by atoms with E-state index in [2.05, 4.69) is 0 Å². The Morgan fingerprint density at radius 1 is 1.16 bits per heavy atom. The van der Waals surface area contributed by atoms with Gasteiger partial charge in [-0.2, -0.15) is 0 Å². The van der Waals surface area contributed by atoms with E-state index in [-0.39, 0.29) is 11.2 Å². The third-order valence-corrected chi connectivity index (χ3v) is 2.73. The van der Waals surface area contributed by atoms with Crippen molar-refractivity contribution in [1.29, 1.82) is 0 Å². The van der Waals surface area contributed by atoms with Gasteiger partial charge in [0.25, 0.3) is 0 Å². The summed E-state index contributed by atoms with van der Waals surface area (Å²) in [5.41, 5.74) is 0.143. The first-order chi connectivity index (χ1) is 8.85. The molecular formula is C15H18O4. The molecule has 1 aromatic rings. The number of carbonyl (C=O) groups excluding carboxylic acids is 1. The topological polar surface area (TPSA) is 52.6 Å². The van der Waals surface area contributed by atoms with Gasteiger partial charge in [-0.1, -0.05) is 12.1 Å². The molecule has 0 heterocycles. The van der Waals surface area contributed by atoms with Crippen molar-refractivity contribution in [3.8, 4) is 5.75 Å². The number of hydrogen-bond donors (Lipinski definition) is 0. The highest BCUT2D eigenvalue weighted by molar-refractivity contribution is 5.64. The first kappa shape index (κ1) is 13.6. The number of rotatable bonds is 2. The highest BCUT2D eigenvalue weighted by atomic mass is 16.7. The molecule has 0 unspecified atom stereocenters. The Morgan fingerprint density at radius 2 is 1.79 bits per heavy atom. The first-order valence-electron chi connectivity index (χ1n) is 6.40. The molecule has 0 radical (unpaired) electrons. The highest BCUT2D eigenvalue weighted by Gasteiger charge is 2.23. The fourth-order valence-corrected chi connectivity index (χ4v) is 1.70. The van der Waals surface area contributed by atoms with Crippen molar-refractivity contribution >= 4 is 6.16 Å². The van der Waals surface area contributed by atoms with Crippen LogP contribution < -0.4 is 10.2 Å². The molecule has 0 aromatic heterocycles. The van der Waals surface area contributed by atoms with E-state index < -0.39 is 11.8 Å². The molecule has 19 heavy (non-hydrogen) atoms. The fourth-order valence-electron chi connectivity index (χ4n) is 1.70. The van der Waals surface area contributed by atoms with E-state index in [4.69, 9.17) is 9.47 Å².